The molecule has 2 aromatic heterocycles. The van der Waals surface area contributed by atoms with Gasteiger partial charge >= 0.3 is 0 Å². The van der Waals surface area contributed by atoms with Gasteiger partial charge in [-0.05, 0) is 41.9 Å². The van der Waals surface area contributed by atoms with Crippen LogP contribution in [0.4, 0.5) is 0 Å². The second-order valence-corrected chi connectivity index (χ2v) is 6.34. The first-order valence-corrected chi connectivity index (χ1v) is 7.10. The second-order valence-electron chi connectivity index (χ2n) is 3.97. The third kappa shape index (κ3) is 3.24. The lowest BCUT2D eigenvalue weighted by molar-refractivity contribution is 0.0844. The molecule has 0 saturated carbocycles. The first-order valence-electron chi connectivity index (χ1n) is 5.49. The van der Waals surface area contributed by atoms with E-state index in [2.05, 4.69) is 31.8 Å². The Labute approximate surface area is 122 Å². The normalized spacial score (nSPS) is 10.3. The largest absolute Gasteiger partial charge is 0.356 e. The number of rotatable bonds is 2. The molecule has 7 heteroatoms. The summed E-state index contributed by atoms with van der Waals surface area (Å²) in [4.78, 5) is 28.3. The number of aryl methyl sites for hydroxylation is 2. The molecule has 2 heterocycles. The maximum atomic E-state index is 11.9. The molecule has 0 aliphatic carbocycles. The number of H-pyrrole nitrogens is 1. The van der Waals surface area contributed by atoms with Crippen LogP contribution in [0.2, 0.25) is 0 Å². The van der Waals surface area contributed by atoms with Gasteiger partial charge in [-0.2, -0.15) is 0 Å². The number of carbonyl (C=O) groups is 2. The van der Waals surface area contributed by atoms with Crippen LogP contribution in [0, 0.1) is 13.8 Å². The molecule has 3 N–H and O–H groups in total. The van der Waals surface area contributed by atoms with E-state index in [1.807, 2.05) is 13.8 Å². The van der Waals surface area contributed by atoms with Crippen molar-refractivity contribution >= 4 is 39.1 Å². The molecule has 0 spiro atoms. The molecular weight excluding hydrogens is 330 g/mol. The van der Waals surface area contributed by atoms with E-state index in [4.69, 9.17) is 0 Å². The second kappa shape index (κ2) is 5.58. The van der Waals surface area contributed by atoms with E-state index in [1.54, 1.807) is 29.7 Å². The number of carbonyl (C=O) groups excluding carboxylic acids is 2. The molecule has 0 aliphatic heterocycles. The molecule has 0 atom stereocenters. The van der Waals surface area contributed by atoms with E-state index in [1.165, 1.54) is 0 Å². The van der Waals surface area contributed by atoms with Crippen molar-refractivity contribution in [3.8, 4) is 0 Å². The Kier molecular flexibility index (Phi) is 4.06. The lowest BCUT2D eigenvalue weighted by Crippen LogP contribution is -2.41. The Morgan fingerprint density at radius 2 is 1.89 bits per heavy atom. The highest BCUT2D eigenvalue weighted by molar-refractivity contribution is 9.10. The molecule has 2 amide bonds. The van der Waals surface area contributed by atoms with Crippen molar-refractivity contribution in [3.05, 3.63) is 43.8 Å². The molecule has 0 unspecified atom stereocenters. The van der Waals surface area contributed by atoms with Crippen molar-refractivity contribution in [3.63, 3.8) is 0 Å². The van der Waals surface area contributed by atoms with Crippen molar-refractivity contribution in [2.24, 2.45) is 0 Å². The quantitative estimate of drug-likeness (QED) is 0.734. The van der Waals surface area contributed by atoms with Gasteiger partial charge in [-0.3, -0.25) is 20.4 Å². The smallest absolute Gasteiger partial charge is 0.286 e. The minimum absolute atomic E-state index is 0.319. The van der Waals surface area contributed by atoms with Gasteiger partial charge in [0.25, 0.3) is 11.8 Å². The zero-order valence-electron chi connectivity index (χ0n) is 10.3. The van der Waals surface area contributed by atoms with Crippen LogP contribution in [0.15, 0.2) is 22.8 Å². The Morgan fingerprint density at radius 3 is 2.42 bits per heavy atom. The number of halogens is 1. The van der Waals surface area contributed by atoms with Crippen LogP contribution in [-0.4, -0.2) is 16.8 Å². The van der Waals surface area contributed by atoms with Crippen LogP contribution < -0.4 is 10.9 Å². The molecule has 100 valence electrons. The highest BCUT2D eigenvalue weighted by atomic mass is 79.9. The maximum absolute atomic E-state index is 11.9. The summed E-state index contributed by atoms with van der Waals surface area (Å²) >= 11 is 4.78. The number of hydrogen-bond donors (Lipinski definition) is 3. The van der Waals surface area contributed by atoms with Crippen LogP contribution in [0.1, 0.15) is 30.6 Å². The molecule has 0 aliphatic rings. The molecule has 0 radical (unpaired) electrons. The molecule has 2 aromatic rings. The Morgan fingerprint density at radius 1 is 1.21 bits per heavy atom. The highest BCUT2D eigenvalue weighted by Crippen LogP contribution is 2.20. The first kappa shape index (κ1) is 13.8. The van der Waals surface area contributed by atoms with E-state index in [0.717, 1.165) is 14.2 Å². The van der Waals surface area contributed by atoms with E-state index in [-0.39, 0.29) is 5.91 Å². The van der Waals surface area contributed by atoms with E-state index in [0.29, 0.717) is 11.3 Å². The van der Waals surface area contributed by atoms with E-state index < -0.39 is 5.91 Å². The number of hydrogen-bond acceptors (Lipinski definition) is 3. The van der Waals surface area contributed by atoms with Crippen LogP contribution in [0.3, 0.4) is 0 Å². The van der Waals surface area contributed by atoms with Gasteiger partial charge in [0.1, 0.15) is 5.69 Å². The molecule has 19 heavy (non-hydrogen) atoms. The fraction of sp³-hybridized carbons (Fsp3) is 0.167. The Hall–Kier alpha value is -1.60. The Bertz CT molecular complexity index is 633. The van der Waals surface area contributed by atoms with Gasteiger partial charge in [0.2, 0.25) is 0 Å². The molecule has 0 saturated heterocycles. The summed E-state index contributed by atoms with van der Waals surface area (Å²) in [6.07, 6.45) is 1.64. The van der Waals surface area contributed by atoms with Crippen molar-refractivity contribution in [1.29, 1.82) is 0 Å². The number of aromatic amines is 1. The molecule has 0 aromatic carbocycles. The van der Waals surface area contributed by atoms with E-state index >= 15 is 0 Å². The predicted octanol–water partition coefficient (Wildman–Crippen LogP) is 2.53. The summed E-state index contributed by atoms with van der Waals surface area (Å²) in [7, 11) is 0. The van der Waals surface area contributed by atoms with Gasteiger partial charge in [0.05, 0.1) is 5.56 Å². The summed E-state index contributed by atoms with van der Waals surface area (Å²) in [5, 5.41) is 0. The monoisotopic (exact) mass is 341 g/mol. The Balaban J connectivity index is 1.97. The average molecular weight is 342 g/mol. The summed E-state index contributed by atoms with van der Waals surface area (Å²) in [5.41, 5.74) is 5.70. The minimum Gasteiger partial charge on any atom is -0.356 e. The SMILES string of the molecule is Cc1cc(C(=O)NNC(=O)c2cc(Br)c[nH]2)c(C)s1. The van der Waals surface area contributed by atoms with Gasteiger partial charge in [0, 0.05) is 20.4 Å². The molecular formula is C12H12BrN3O2S. The number of aromatic nitrogens is 1. The van der Waals surface area contributed by atoms with Gasteiger partial charge in [0.15, 0.2) is 0 Å². The van der Waals surface area contributed by atoms with Crippen LogP contribution in [0.5, 0.6) is 0 Å². The van der Waals surface area contributed by atoms with Crippen LogP contribution >= 0.6 is 27.3 Å². The molecule has 0 bridgehead atoms. The third-order valence-electron chi connectivity index (χ3n) is 2.47. The molecule has 5 nitrogen and oxygen atoms in total. The molecule has 0 fully saturated rings. The van der Waals surface area contributed by atoms with Crippen molar-refractivity contribution < 1.29 is 9.59 Å². The van der Waals surface area contributed by atoms with Crippen molar-refractivity contribution in [2.45, 2.75) is 13.8 Å². The van der Waals surface area contributed by atoms with Gasteiger partial charge < -0.3 is 4.98 Å². The zero-order valence-corrected chi connectivity index (χ0v) is 12.7. The number of hydrazine groups is 1. The highest BCUT2D eigenvalue weighted by Gasteiger charge is 2.13. The van der Waals surface area contributed by atoms with Gasteiger partial charge in [-0.25, -0.2) is 0 Å². The summed E-state index contributed by atoms with van der Waals surface area (Å²) in [6, 6.07) is 3.42. The van der Waals surface area contributed by atoms with Gasteiger partial charge in [-0.1, -0.05) is 0 Å². The summed E-state index contributed by atoms with van der Waals surface area (Å²) in [5.74, 6) is -0.718. The maximum Gasteiger partial charge on any atom is 0.286 e. The third-order valence-corrected chi connectivity index (χ3v) is 3.89. The predicted molar refractivity (Wildman–Crippen MR) is 77.2 cm³/mol. The van der Waals surface area contributed by atoms with Crippen LogP contribution in [0.25, 0.3) is 0 Å². The standard InChI is InChI=1S/C12H12BrN3O2S/c1-6-3-9(7(2)19-6)11(17)15-16-12(18)10-4-8(13)5-14-10/h3-5,14H,1-2H3,(H,15,17)(H,16,18). The lowest BCUT2D eigenvalue weighted by Gasteiger charge is -2.05. The van der Waals surface area contributed by atoms with Crippen molar-refractivity contribution in [2.75, 3.05) is 0 Å². The average Bonchev–Trinajstić information content (AvgIpc) is 2.92. The minimum atomic E-state index is -0.399. The zero-order chi connectivity index (χ0) is 14.0. The fourth-order valence-corrected chi connectivity index (χ4v) is 2.87. The lowest BCUT2D eigenvalue weighted by atomic mass is 10.2. The number of nitrogens with one attached hydrogen (secondary N) is 3. The van der Waals surface area contributed by atoms with Gasteiger partial charge in [-0.15, -0.1) is 11.3 Å². The summed E-state index contributed by atoms with van der Waals surface area (Å²) in [6.45, 7) is 3.81. The van der Waals surface area contributed by atoms with Crippen LogP contribution in [-0.2, 0) is 0 Å². The number of amides is 2. The van der Waals surface area contributed by atoms with E-state index in [9.17, 15) is 9.59 Å². The topological polar surface area (TPSA) is 74.0 Å². The first-order chi connectivity index (χ1) is 8.97. The number of thiophene rings is 1. The summed E-state index contributed by atoms with van der Waals surface area (Å²) < 4.78 is 0.772. The molecule has 2 rings (SSSR count). The van der Waals surface area contributed by atoms with Crippen molar-refractivity contribution in [1.82, 2.24) is 15.8 Å². The fourth-order valence-electron chi connectivity index (χ4n) is 1.60.